The number of rotatable bonds is 2. The van der Waals surface area contributed by atoms with Crippen LogP contribution in [0.2, 0.25) is 0 Å². The molecule has 21 heavy (non-hydrogen) atoms. The lowest BCUT2D eigenvalue weighted by molar-refractivity contribution is 0.0972. The molecule has 0 saturated carbocycles. The number of carbonyl (C=O) groups is 1. The van der Waals surface area contributed by atoms with E-state index in [0.29, 0.717) is 6.42 Å². The summed E-state index contributed by atoms with van der Waals surface area (Å²) >= 11 is 0. The monoisotopic (exact) mass is 276 g/mol. The number of Topliss-reactive ketones (excluding diaryl/α,β-unsaturated/α-hetero) is 1. The van der Waals surface area contributed by atoms with Gasteiger partial charge in [0.15, 0.2) is 5.78 Å². The first-order chi connectivity index (χ1) is 10.3. The van der Waals surface area contributed by atoms with Gasteiger partial charge >= 0.3 is 0 Å². The zero-order chi connectivity index (χ0) is 14.2. The summed E-state index contributed by atoms with van der Waals surface area (Å²) in [6, 6.07) is 12.3. The second kappa shape index (κ2) is 4.85. The molecule has 0 fully saturated rings. The Morgan fingerprint density at radius 3 is 2.95 bits per heavy atom. The molecule has 0 radical (unpaired) electrons. The van der Waals surface area contributed by atoms with Crippen molar-refractivity contribution in [2.24, 2.45) is 0 Å². The number of fused-ring (bicyclic) bond motifs is 2. The molecule has 2 heterocycles. The molecule has 0 spiro atoms. The number of nitrogens with zero attached hydrogens (tertiary/aromatic N) is 2. The number of para-hydroxylation sites is 1. The van der Waals surface area contributed by atoms with Crippen LogP contribution in [-0.4, -0.2) is 15.3 Å². The zero-order valence-corrected chi connectivity index (χ0v) is 11.7. The number of hydrogen-bond donors (Lipinski definition) is 0. The maximum atomic E-state index is 11.9. The highest BCUT2D eigenvalue weighted by Crippen LogP contribution is 2.24. The lowest BCUT2D eigenvalue weighted by Gasteiger charge is -2.15. The van der Waals surface area contributed by atoms with Gasteiger partial charge in [-0.1, -0.05) is 24.3 Å². The fraction of sp³-hybridized carbons (Fsp3) is 0.222. The Kier molecular flexibility index (Phi) is 2.85. The standard InChI is InChI=1S/C18H16N2O/c21-17-8-2-7-16-15(17)9-11-20(16)12-14-5-1-4-13-6-3-10-19-18(13)14/h1,3-6,9-11H,2,7-8,12H2. The fourth-order valence-corrected chi connectivity index (χ4v) is 3.22. The van der Waals surface area contributed by atoms with Gasteiger partial charge < -0.3 is 4.57 Å². The van der Waals surface area contributed by atoms with E-state index in [-0.39, 0.29) is 5.78 Å². The number of aromatic nitrogens is 2. The quantitative estimate of drug-likeness (QED) is 0.716. The minimum absolute atomic E-state index is 0.283. The van der Waals surface area contributed by atoms with E-state index in [4.69, 9.17) is 0 Å². The Bertz CT molecular complexity index is 827. The summed E-state index contributed by atoms with van der Waals surface area (Å²) in [6.07, 6.45) is 6.51. The van der Waals surface area contributed by atoms with Crippen LogP contribution in [0.15, 0.2) is 48.8 Å². The van der Waals surface area contributed by atoms with Gasteiger partial charge in [0.2, 0.25) is 0 Å². The molecule has 0 atom stereocenters. The third-order valence-corrected chi connectivity index (χ3v) is 4.25. The van der Waals surface area contributed by atoms with E-state index in [9.17, 15) is 4.79 Å². The van der Waals surface area contributed by atoms with Crippen LogP contribution in [0.3, 0.4) is 0 Å². The second-order valence-electron chi connectivity index (χ2n) is 5.57. The highest BCUT2D eigenvalue weighted by Gasteiger charge is 2.20. The van der Waals surface area contributed by atoms with Gasteiger partial charge in [-0.25, -0.2) is 0 Å². The fourth-order valence-electron chi connectivity index (χ4n) is 3.22. The molecule has 1 aliphatic carbocycles. The Hall–Kier alpha value is -2.42. The summed E-state index contributed by atoms with van der Waals surface area (Å²) in [7, 11) is 0. The van der Waals surface area contributed by atoms with Crippen molar-refractivity contribution in [3.05, 3.63) is 65.6 Å². The first-order valence-electron chi connectivity index (χ1n) is 7.37. The number of pyridine rings is 1. The van der Waals surface area contributed by atoms with Crippen LogP contribution in [0.25, 0.3) is 10.9 Å². The van der Waals surface area contributed by atoms with E-state index < -0.39 is 0 Å². The van der Waals surface area contributed by atoms with Gasteiger partial charge in [0.1, 0.15) is 0 Å². The van der Waals surface area contributed by atoms with E-state index in [2.05, 4.69) is 33.8 Å². The van der Waals surface area contributed by atoms with Crippen molar-refractivity contribution in [3.8, 4) is 0 Å². The maximum Gasteiger partial charge on any atom is 0.164 e. The minimum atomic E-state index is 0.283. The molecule has 1 aliphatic rings. The van der Waals surface area contributed by atoms with Gasteiger partial charge in [-0.2, -0.15) is 0 Å². The zero-order valence-electron chi connectivity index (χ0n) is 11.7. The van der Waals surface area contributed by atoms with Crippen molar-refractivity contribution in [2.75, 3.05) is 0 Å². The van der Waals surface area contributed by atoms with E-state index in [1.807, 2.05) is 24.5 Å². The molecule has 1 aromatic carbocycles. The Balaban J connectivity index is 1.77. The smallest absolute Gasteiger partial charge is 0.164 e. The predicted octanol–water partition coefficient (Wildman–Crippen LogP) is 3.60. The average molecular weight is 276 g/mol. The molecular formula is C18H16N2O. The molecule has 3 heteroatoms. The molecule has 0 saturated heterocycles. The van der Waals surface area contributed by atoms with Crippen LogP contribution >= 0.6 is 0 Å². The van der Waals surface area contributed by atoms with E-state index in [1.54, 1.807) is 0 Å². The van der Waals surface area contributed by atoms with Crippen molar-refractivity contribution < 1.29 is 4.79 Å². The molecule has 0 bridgehead atoms. The van der Waals surface area contributed by atoms with Crippen molar-refractivity contribution in [2.45, 2.75) is 25.8 Å². The number of benzene rings is 1. The maximum absolute atomic E-state index is 11.9. The molecule has 3 aromatic rings. The van der Waals surface area contributed by atoms with E-state index in [1.165, 1.54) is 11.3 Å². The number of ketones is 1. The largest absolute Gasteiger partial charge is 0.346 e. The molecular weight excluding hydrogens is 260 g/mol. The molecule has 3 nitrogen and oxygen atoms in total. The molecule has 0 unspecified atom stereocenters. The molecule has 0 aliphatic heterocycles. The van der Waals surface area contributed by atoms with Gasteiger partial charge in [0.05, 0.1) is 5.52 Å². The lowest BCUT2D eigenvalue weighted by Crippen LogP contribution is -2.13. The third kappa shape index (κ3) is 2.05. The average Bonchev–Trinajstić information content (AvgIpc) is 2.92. The number of hydrogen-bond acceptors (Lipinski definition) is 2. The van der Waals surface area contributed by atoms with Gasteiger partial charge in [0, 0.05) is 42.0 Å². The van der Waals surface area contributed by atoms with Crippen LogP contribution in [0, 0.1) is 0 Å². The van der Waals surface area contributed by atoms with Gasteiger partial charge in [0.25, 0.3) is 0 Å². The van der Waals surface area contributed by atoms with Gasteiger partial charge in [-0.3, -0.25) is 9.78 Å². The van der Waals surface area contributed by atoms with Crippen LogP contribution in [0.5, 0.6) is 0 Å². The summed E-state index contributed by atoms with van der Waals surface area (Å²) in [5, 5.41) is 1.16. The first kappa shape index (κ1) is 12.3. The van der Waals surface area contributed by atoms with Crippen LogP contribution in [0.4, 0.5) is 0 Å². The molecule has 0 N–H and O–H groups in total. The third-order valence-electron chi connectivity index (χ3n) is 4.25. The predicted molar refractivity (Wildman–Crippen MR) is 82.5 cm³/mol. The molecule has 2 aromatic heterocycles. The highest BCUT2D eigenvalue weighted by molar-refractivity contribution is 5.98. The van der Waals surface area contributed by atoms with Crippen molar-refractivity contribution in [1.29, 1.82) is 0 Å². The summed E-state index contributed by atoms with van der Waals surface area (Å²) in [6.45, 7) is 0.775. The van der Waals surface area contributed by atoms with E-state index in [0.717, 1.165) is 35.9 Å². The SMILES string of the molecule is O=C1CCCc2c1ccn2Cc1cccc2cccnc12. The normalized spacial score (nSPS) is 14.4. The molecule has 104 valence electrons. The molecule has 4 rings (SSSR count). The van der Waals surface area contributed by atoms with Gasteiger partial charge in [-0.05, 0) is 30.5 Å². The van der Waals surface area contributed by atoms with Crippen LogP contribution < -0.4 is 0 Å². The molecule has 0 amide bonds. The van der Waals surface area contributed by atoms with Crippen molar-refractivity contribution >= 4 is 16.7 Å². The minimum Gasteiger partial charge on any atom is -0.346 e. The Labute approximate surface area is 123 Å². The highest BCUT2D eigenvalue weighted by atomic mass is 16.1. The second-order valence-corrected chi connectivity index (χ2v) is 5.57. The first-order valence-corrected chi connectivity index (χ1v) is 7.37. The Morgan fingerprint density at radius 1 is 1.10 bits per heavy atom. The summed E-state index contributed by atoms with van der Waals surface area (Å²) in [4.78, 5) is 16.4. The summed E-state index contributed by atoms with van der Waals surface area (Å²) < 4.78 is 2.20. The van der Waals surface area contributed by atoms with Crippen molar-refractivity contribution in [3.63, 3.8) is 0 Å². The van der Waals surface area contributed by atoms with Crippen LogP contribution in [-0.2, 0) is 13.0 Å². The Morgan fingerprint density at radius 2 is 2.00 bits per heavy atom. The summed E-state index contributed by atoms with van der Waals surface area (Å²) in [5.74, 6) is 0.283. The van der Waals surface area contributed by atoms with Crippen LogP contribution in [0.1, 0.15) is 34.5 Å². The van der Waals surface area contributed by atoms with Crippen molar-refractivity contribution in [1.82, 2.24) is 9.55 Å². The van der Waals surface area contributed by atoms with Gasteiger partial charge in [-0.15, -0.1) is 0 Å². The lowest BCUT2D eigenvalue weighted by atomic mass is 9.96. The topological polar surface area (TPSA) is 34.9 Å². The summed E-state index contributed by atoms with van der Waals surface area (Å²) in [5.41, 5.74) is 4.34. The number of carbonyl (C=O) groups excluding carboxylic acids is 1. The van der Waals surface area contributed by atoms with E-state index >= 15 is 0 Å².